The van der Waals surface area contributed by atoms with Crippen molar-refractivity contribution in [3.8, 4) is 0 Å². The summed E-state index contributed by atoms with van der Waals surface area (Å²) in [7, 11) is 26.8. The van der Waals surface area contributed by atoms with Crippen LogP contribution in [0.25, 0.3) is 0 Å². The van der Waals surface area contributed by atoms with Gasteiger partial charge in [-0.1, -0.05) is 118 Å². The molecule has 0 fully saturated rings. The van der Waals surface area contributed by atoms with E-state index in [-0.39, 0.29) is 111 Å². The second-order valence-corrected chi connectivity index (χ2v) is 4.20. The molecule has 16 heteroatoms. The van der Waals surface area contributed by atoms with Gasteiger partial charge in [-0.05, 0) is 70.4 Å². The van der Waals surface area contributed by atoms with Gasteiger partial charge in [0.1, 0.15) is 0 Å². The van der Waals surface area contributed by atoms with Gasteiger partial charge in [0, 0.05) is 63.5 Å². The van der Waals surface area contributed by atoms with Crippen LogP contribution in [0.5, 0.6) is 0 Å². The minimum Gasteiger partial charge on any atom is -0.400 e. The topological polar surface area (TPSA) is 264 Å². The van der Waals surface area contributed by atoms with Crippen molar-refractivity contribution in [1.82, 2.24) is 21.3 Å². The molecule has 0 aliphatic carbocycles. The summed E-state index contributed by atoms with van der Waals surface area (Å²) < 4.78 is 17.6. The van der Waals surface area contributed by atoms with Crippen molar-refractivity contribution in [1.29, 1.82) is 0 Å². The van der Waals surface area contributed by atoms with Crippen molar-refractivity contribution in [3.63, 3.8) is 0 Å². The third-order valence-corrected chi connectivity index (χ3v) is 0.917. The Morgan fingerprint density at radius 1 is 0.382 bits per heavy atom. The van der Waals surface area contributed by atoms with E-state index in [9.17, 15) is 0 Å². The molecule has 0 heterocycles. The average molecular weight is 853 g/mol. The van der Waals surface area contributed by atoms with E-state index in [1.165, 1.54) is 7.05 Å². The van der Waals surface area contributed by atoms with Gasteiger partial charge in [-0.3, -0.25) is 0 Å². The first-order chi connectivity index (χ1) is 19.8. The van der Waals surface area contributed by atoms with Gasteiger partial charge in [0.05, 0.1) is 26.7 Å². The minimum absolute atomic E-state index is 0. The van der Waals surface area contributed by atoms with Gasteiger partial charge < -0.3 is 82.9 Å². The van der Waals surface area contributed by atoms with Crippen LogP contribution in [0.1, 0.15) is 125 Å². The maximum Gasteiger partial charge on any atom is 0.0936 e. The molecule has 0 aliphatic rings. The van der Waals surface area contributed by atoms with E-state index in [1.807, 2.05) is 77.2 Å². The normalized spacial score (nSPS) is 4.36. The maximum atomic E-state index is 7.94. The largest absolute Gasteiger partial charge is 0.400 e. The molecule has 0 aromatic carbocycles. The number of nitrogens with one attached hydrogen (secondary N) is 4. The molecular formula is C39H141N7O9. The van der Waals surface area contributed by atoms with Crippen molar-refractivity contribution in [2.24, 2.45) is 17.2 Å². The summed E-state index contributed by atoms with van der Waals surface area (Å²) in [6.07, 6.45) is 0. The summed E-state index contributed by atoms with van der Waals surface area (Å²) in [5.41, 5.74) is 14.1. The van der Waals surface area contributed by atoms with Crippen LogP contribution in [0.4, 0.5) is 0 Å². The molecule has 0 spiro atoms. The summed E-state index contributed by atoms with van der Waals surface area (Å²) >= 11 is 0. The smallest absolute Gasteiger partial charge is 0.0936 e. The molecule has 0 aromatic rings. The first-order valence-electron chi connectivity index (χ1n) is 12.5. The number of aliphatic hydroxyl groups excluding tert-OH is 5. The van der Waals surface area contributed by atoms with Gasteiger partial charge >= 0.3 is 0 Å². The first-order valence-corrected chi connectivity index (χ1v) is 12.5. The fraction of sp³-hybridized carbons (Fsp3) is 1.00. The third-order valence-electron chi connectivity index (χ3n) is 0.917. The number of methoxy groups -OCH3 is 4. The fourth-order valence-electron chi connectivity index (χ4n) is 0.0913. The lowest BCUT2D eigenvalue weighted by Crippen LogP contribution is -1.98. The van der Waals surface area contributed by atoms with E-state index >= 15 is 0 Å². The molecule has 0 saturated carbocycles. The lowest BCUT2D eigenvalue weighted by atomic mass is 10.8. The lowest BCUT2D eigenvalue weighted by Gasteiger charge is -1.84. The van der Waals surface area contributed by atoms with Crippen LogP contribution in [0.15, 0.2) is 0 Å². The zero-order valence-electron chi connectivity index (χ0n) is 31.1. The number of hydrogen-bond donors (Lipinski definition) is 12. The molecule has 0 atom stereocenters. The van der Waals surface area contributed by atoms with E-state index in [4.69, 9.17) is 37.0 Å². The molecule has 386 valence electrons. The van der Waals surface area contributed by atoms with Gasteiger partial charge in [-0.2, -0.15) is 0 Å². The summed E-state index contributed by atoms with van der Waals surface area (Å²) in [4.78, 5) is 0. The monoisotopic (exact) mass is 852 g/mol. The molecule has 0 aromatic heterocycles. The molecule has 16 nitrogen and oxygen atoms in total. The summed E-state index contributed by atoms with van der Waals surface area (Å²) in [5, 5.41) is 46.9. The molecule has 0 unspecified atom stereocenters. The molecule has 0 amide bonds. The van der Waals surface area contributed by atoms with Crippen LogP contribution in [-0.2, 0) is 18.9 Å². The summed E-state index contributed by atoms with van der Waals surface area (Å²) in [6, 6.07) is 0. The summed E-state index contributed by atoms with van der Waals surface area (Å²) in [5.74, 6) is 0. The number of rotatable bonds is 5. The molecule has 0 aliphatic heterocycles. The standard InChI is InChI=1S/C3H8O2.C3H8O.2C2H7NO.4C2H7N.C2H6.CH5N.4CH4O.14CH4/c1-5-3-2-4;1-3-4-2;2*1-4-2-3;4*1-3-2;6*1-2;;;;;;;;;;;;;;/h4H,2-3H2,1H3;3H2,1-2H3;2*2-3H2,1H3;4*3H,1-2H3;1-2H3;2H2,1H3;4*2H,1H3;14*1H4. The Kier molecular flexibility index (Phi) is 3880. The van der Waals surface area contributed by atoms with Crippen molar-refractivity contribution >= 4 is 0 Å². The summed E-state index contributed by atoms with van der Waals surface area (Å²) in [6.45, 7) is 7.98. The maximum absolute atomic E-state index is 7.94. The average Bonchev–Trinajstić information content (AvgIpc) is 3.05. The Hall–Kier alpha value is -0.640. The van der Waals surface area contributed by atoms with Gasteiger partial charge in [0.2, 0.25) is 0 Å². The van der Waals surface area contributed by atoms with Gasteiger partial charge in [-0.25, -0.2) is 0 Å². The van der Waals surface area contributed by atoms with E-state index < -0.39 is 0 Å². The highest BCUT2D eigenvalue weighted by molar-refractivity contribution is 4.13. The third kappa shape index (κ3) is 7400. The van der Waals surface area contributed by atoms with Crippen LogP contribution in [-0.4, -0.2) is 179 Å². The zero-order chi connectivity index (χ0) is 37.2. The molecule has 0 radical (unpaired) electrons. The zero-order valence-corrected chi connectivity index (χ0v) is 31.1. The van der Waals surface area contributed by atoms with Crippen LogP contribution >= 0.6 is 0 Å². The Balaban J connectivity index is -0.00000000544. The number of nitrogens with two attached hydrogens (primary N) is 3. The highest BCUT2D eigenvalue weighted by Gasteiger charge is 1.67. The predicted octanol–water partition coefficient (Wildman–Crippen LogP) is 6.66. The molecule has 15 N–H and O–H groups in total. The molecule has 0 rings (SSSR count). The van der Waals surface area contributed by atoms with Crippen molar-refractivity contribution in [3.05, 3.63) is 0 Å². The van der Waals surface area contributed by atoms with Crippen molar-refractivity contribution in [2.75, 3.05) is 154 Å². The predicted molar refractivity (Wildman–Crippen MR) is 277 cm³/mol. The highest BCUT2D eigenvalue weighted by Crippen LogP contribution is 1.56. The Morgan fingerprint density at radius 2 is 0.473 bits per heavy atom. The van der Waals surface area contributed by atoms with E-state index in [0.29, 0.717) is 20.1 Å². The van der Waals surface area contributed by atoms with Crippen LogP contribution in [0, 0.1) is 0 Å². The van der Waals surface area contributed by atoms with E-state index in [1.54, 1.807) is 28.4 Å². The fourth-order valence-corrected chi connectivity index (χ4v) is 0.0913. The molecule has 0 saturated heterocycles. The van der Waals surface area contributed by atoms with Gasteiger partial charge in [0.15, 0.2) is 0 Å². The first kappa shape index (κ1) is 223. The number of ether oxygens (including phenoxy) is 4. The Bertz CT molecular complexity index is 134. The molecular weight excluding hydrogens is 710 g/mol. The van der Waals surface area contributed by atoms with E-state index in [2.05, 4.69) is 45.9 Å². The number of aliphatic hydroxyl groups is 5. The number of hydrogen-bond acceptors (Lipinski definition) is 16. The van der Waals surface area contributed by atoms with Crippen molar-refractivity contribution < 1.29 is 44.5 Å². The second kappa shape index (κ2) is 958. The lowest BCUT2D eigenvalue weighted by molar-refractivity contribution is 0.135. The van der Waals surface area contributed by atoms with E-state index in [0.717, 1.165) is 35.0 Å². The van der Waals surface area contributed by atoms with Gasteiger partial charge in [0.25, 0.3) is 0 Å². The minimum atomic E-state index is 0. The molecule has 55 heavy (non-hydrogen) atoms. The Morgan fingerprint density at radius 3 is 0.473 bits per heavy atom. The Labute approximate surface area is 360 Å². The second-order valence-electron chi connectivity index (χ2n) is 4.20. The quantitative estimate of drug-likeness (QED) is 0.129. The SMILES string of the molecule is C.C.C.C.C.C.C.C.C.C.C.C.C.C.CC.CCOC.CN.CNC.CNC.CNC.CNC.CO.CO.CO.CO.COCCO.COCN.COCN. The van der Waals surface area contributed by atoms with Crippen LogP contribution < -0.4 is 38.5 Å². The van der Waals surface area contributed by atoms with Crippen LogP contribution in [0.3, 0.4) is 0 Å². The molecule has 0 bridgehead atoms. The van der Waals surface area contributed by atoms with Crippen molar-refractivity contribution in [2.45, 2.75) is 125 Å². The highest BCUT2D eigenvalue weighted by atomic mass is 16.5. The van der Waals surface area contributed by atoms with Gasteiger partial charge in [-0.15, -0.1) is 0 Å². The van der Waals surface area contributed by atoms with Crippen LogP contribution in [0.2, 0.25) is 0 Å².